The summed E-state index contributed by atoms with van der Waals surface area (Å²) in [6.07, 6.45) is 3.99. The number of nitrogens with zero attached hydrogens (tertiary/aromatic N) is 1. The maximum absolute atomic E-state index is 12.0. The second-order valence-electron chi connectivity index (χ2n) is 4.82. The number of urea groups is 1. The molecule has 1 fully saturated rings. The zero-order valence-electron chi connectivity index (χ0n) is 11.1. The monoisotopic (exact) mass is 254 g/mol. The van der Waals surface area contributed by atoms with Gasteiger partial charge in [0.2, 0.25) is 0 Å². The summed E-state index contributed by atoms with van der Waals surface area (Å²) in [5.41, 5.74) is 0. The van der Waals surface area contributed by atoms with Crippen molar-refractivity contribution in [2.24, 2.45) is 5.92 Å². The van der Waals surface area contributed by atoms with Gasteiger partial charge in [-0.15, -0.1) is 6.58 Å². The van der Waals surface area contributed by atoms with E-state index in [1.165, 1.54) is 4.90 Å². The van der Waals surface area contributed by atoms with Gasteiger partial charge in [-0.1, -0.05) is 19.4 Å². The number of aliphatic carboxylic acids is 1. The van der Waals surface area contributed by atoms with Crippen LogP contribution in [0, 0.1) is 5.92 Å². The van der Waals surface area contributed by atoms with Crippen LogP contribution < -0.4 is 5.32 Å². The van der Waals surface area contributed by atoms with Crippen LogP contribution in [0.5, 0.6) is 0 Å². The number of rotatable bonds is 4. The van der Waals surface area contributed by atoms with Crippen molar-refractivity contribution in [3.63, 3.8) is 0 Å². The molecule has 2 N–H and O–H groups in total. The number of likely N-dealkylation sites (tertiary alicyclic amines) is 1. The first-order valence-corrected chi connectivity index (χ1v) is 6.42. The first-order chi connectivity index (χ1) is 8.49. The molecule has 5 nitrogen and oxygen atoms in total. The summed E-state index contributed by atoms with van der Waals surface area (Å²) >= 11 is 0. The minimum absolute atomic E-state index is 0.157. The van der Waals surface area contributed by atoms with Gasteiger partial charge in [-0.3, -0.25) is 0 Å². The predicted octanol–water partition coefficient (Wildman–Crippen LogP) is 1.85. The second-order valence-corrected chi connectivity index (χ2v) is 4.82. The number of piperidine rings is 1. The van der Waals surface area contributed by atoms with E-state index in [-0.39, 0.29) is 12.1 Å². The summed E-state index contributed by atoms with van der Waals surface area (Å²) in [6.45, 7) is 7.95. The Morgan fingerprint density at radius 2 is 2.28 bits per heavy atom. The number of hydrogen-bond donors (Lipinski definition) is 2. The number of nitrogens with one attached hydrogen (secondary N) is 1. The second kappa shape index (κ2) is 6.42. The van der Waals surface area contributed by atoms with Gasteiger partial charge in [0.15, 0.2) is 0 Å². The minimum Gasteiger partial charge on any atom is -0.480 e. The third kappa shape index (κ3) is 3.48. The van der Waals surface area contributed by atoms with Gasteiger partial charge in [0.1, 0.15) is 6.04 Å². The first kappa shape index (κ1) is 14.5. The fourth-order valence-electron chi connectivity index (χ4n) is 2.22. The van der Waals surface area contributed by atoms with Crippen molar-refractivity contribution in [1.29, 1.82) is 0 Å². The highest BCUT2D eigenvalue weighted by Crippen LogP contribution is 2.25. The molecule has 1 saturated heterocycles. The molecule has 102 valence electrons. The van der Waals surface area contributed by atoms with Crippen LogP contribution in [0.2, 0.25) is 0 Å². The third-order valence-corrected chi connectivity index (χ3v) is 3.54. The van der Waals surface area contributed by atoms with E-state index in [0.717, 1.165) is 12.8 Å². The summed E-state index contributed by atoms with van der Waals surface area (Å²) in [6, 6.07) is -1.18. The molecular formula is C13H22N2O3. The Kier molecular flexibility index (Phi) is 5.19. The lowest BCUT2D eigenvalue weighted by Crippen LogP contribution is -2.54. The SMILES string of the molecule is C=CC(C)NC(=O)N1CCC(CC)CC1C(=O)O. The molecule has 3 unspecified atom stereocenters. The molecule has 0 aromatic rings. The Hall–Kier alpha value is -1.52. The van der Waals surface area contributed by atoms with Crippen molar-refractivity contribution < 1.29 is 14.7 Å². The zero-order chi connectivity index (χ0) is 13.7. The van der Waals surface area contributed by atoms with Crippen molar-refractivity contribution in [3.05, 3.63) is 12.7 Å². The summed E-state index contributed by atoms with van der Waals surface area (Å²) in [5, 5.41) is 11.9. The summed E-state index contributed by atoms with van der Waals surface area (Å²) in [7, 11) is 0. The minimum atomic E-state index is -0.922. The van der Waals surface area contributed by atoms with Crippen LogP contribution in [0.25, 0.3) is 0 Å². The average molecular weight is 254 g/mol. The Balaban J connectivity index is 2.70. The maximum atomic E-state index is 12.0. The van der Waals surface area contributed by atoms with E-state index >= 15 is 0 Å². The molecule has 0 aromatic carbocycles. The van der Waals surface area contributed by atoms with Crippen LogP contribution >= 0.6 is 0 Å². The largest absolute Gasteiger partial charge is 0.480 e. The average Bonchev–Trinajstić information content (AvgIpc) is 2.37. The first-order valence-electron chi connectivity index (χ1n) is 6.42. The Morgan fingerprint density at radius 1 is 1.61 bits per heavy atom. The van der Waals surface area contributed by atoms with E-state index in [9.17, 15) is 14.7 Å². The summed E-state index contributed by atoms with van der Waals surface area (Å²) < 4.78 is 0. The Bertz CT molecular complexity index is 330. The summed E-state index contributed by atoms with van der Waals surface area (Å²) in [4.78, 5) is 24.7. The molecule has 0 aromatic heterocycles. The number of amides is 2. The normalized spacial score (nSPS) is 25.3. The molecule has 0 radical (unpaired) electrons. The fourth-order valence-corrected chi connectivity index (χ4v) is 2.22. The number of carbonyl (C=O) groups excluding carboxylic acids is 1. The lowest BCUT2D eigenvalue weighted by molar-refractivity contribution is -0.144. The van der Waals surface area contributed by atoms with Gasteiger partial charge in [0, 0.05) is 12.6 Å². The molecule has 0 aliphatic carbocycles. The van der Waals surface area contributed by atoms with Crippen molar-refractivity contribution in [2.75, 3.05) is 6.54 Å². The number of carboxylic acids is 1. The van der Waals surface area contributed by atoms with Gasteiger partial charge in [-0.05, 0) is 25.7 Å². The van der Waals surface area contributed by atoms with Crippen LogP contribution in [0.15, 0.2) is 12.7 Å². The standard InChI is InChI=1S/C13H22N2O3/c1-4-9(3)14-13(18)15-7-6-10(5-2)8-11(15)12(16)17/h4,9-11H,1,5-8H2,2-3H3,(H,14,18)(H,16,17). The molecule has 5 heteroatoms. The van der Waals surface area contributed by atoms with Gasteiger partial charge in [-0.25, -0.2) is 9.59 Å². The van der Waals surface area contributed by atoms with Gasteiger partial charge in [-0.2, -0.15) is 0 Å². The molecule has 0 bridgehead atoms. The van der Waals surface area contributed by atoms with Gasteiger partial charge in [0.25, 0.3) is 0 Å². The molecule has 18 heavy (non-hydrogen) atoms. The lowest BCUT2D eigenvalue weighted by atomic mass is 9.89. The van der Waals surface area contributed by atoms with Gasteiger partial charge >= 0.3 is 12.0 Å². The molecule has 0 saturated carbocycles. The van der Waals surface area contributed by atoms with Gasteiger partial charge in [0.05, 0.1) is 0 Å². The predicted molar refractivity (Wildman–Crippen MR) is 69.3 cm³/mol. The van der Waals surface area contributed by atoms with E-state index < -0.39 is 12.0 Å². The molecular weight excluding hydrogens is 232 g/mol. The van der Waals surface area contributed by atoms with Crippen molar-refractivity contribution in [2.45, 2.75) is 45.2 Å². The highest BCUT2D eigenvalue weighted by Gasteiger charge is 2.35. The maximum Gasteiger partial charge on any atom is 0.326 e. The van der Waals surface area contributed by atoms with Crippen molar-refractivity contribution in [1.82, 2.24) is 10.2 Å². The van der Waals surface area contributed by atoms with E-state index in [1.54, 1.807) is 13.0 Å². The number of carbonyl (C=O) groups is 2. The molecule has 0 spiro atoms. The van der Waals surface area contributed by atoms with Crippen LogP contribution in [-0.4, -0.2) is 40.6 Å². The molecule has 1 aliphatic heterocycles. The fraction of sp³-hybridized carbons (Fsp3) is 0.692. The van der Waals surface area contributed by atoms with E-state index in [1.807, 2.05) is 0 Å². The van der Waals surface area contributed by atoms with E-state index in [0.29, 0.717) is 18.9 Å². The number of hydrogen-bond acceptors (Lipinski definition) is 2. The van der Waals surface area contributed by atoms with E-state index in [2.05, 4.69) is 18.8 Å². The zero-order valence-corrected chi connectivity index (χ0v) is 11.1. The summed E-state index contributed by atoms with van der Waals surface area (Å²) in [5.74, 6) is -0.526. The van der Waals surface area contributed by atoms with Crippen LogP contribution in [0.3, 0.4) is 0 Å². The molecule has 3 atom stereocenters. The van der Waals surface area contributed by atoms with Crippen LogP contribution in [0.1, 0.15) is 33.1 Å². The molecule has 1 aliphatic rings. The topological polar surface area (TPSA) is 69.6 Å². The quantitative estimate of drug-likeness (QED) is 0.752. The third-order valence-electron chi connectivity index (χ3n) is 3.54. The molecule has 1 heterocycles. The van der Waals surface area contributed by atoms with E-state index in [4.69, 9.17) is 0 Å². The van der Waals surface area contributed by atoms with Crippen LogP contribution in [-0.2, 0) is 4.79 Å². The van der Waals surface area contributed by atoms with Crippen molar-refractivity contribution >= 4 is 12.0 Å². The Morgan fingerprint density at radius 3 is 2.78 bits per heavy atom. The molecule has 1 rings (SSSR count). The molecule has 2 amide bonds. The highest BCUT2D eigenvalue weighted by atomic mass is 16.4. The van der Waals surface area contributed by atoms with Gasteiger partial charge < -0.3 is 15.3 Å². The van der Waals surface area contributed by atoms with Crippen LogP contribution in [0.4, 0.5) is 4.79 Å². The number of carboxylic acid groups (broad SMARTS) is 1. The highest BCUT2D eigenvalue weighted by molar-refractivity contribution is 5.83. The Labute approximate surface area is 108 Å². The smallest absolute Gasteiger partial charge is 0.326 e. The van der Waals surface area contributed by atoms with Crippen molar-refractivity contribution in [3.8, 4) is 0 Å². The lowest BCUT2D eigenvalue weighted by Gasteiger charge is -2.37.